The Hall–Kier alpha value is -0.760. The highest BCUT2D eigenvalue weighted by molar-refractivity contribution is 7.87. The van der Waals surface area contributed by atoms with Gasteiger partial charge in [0.05, 0.1) is 6.10 Å². The third kappa shape index (κ3) is 2.81. The number of halogens is 3. The van der Waals surface area contributed by atoms with E-state index in [2.05, 4.69) is 4.18 Å². The molecule has 0 aliphatic heterocycles. The minimum Gasteiger partial charge on any atom is -0.381 e. The lowest BCUT2D eigenvalue weighted by Gasteiger charge is -2.39. The summed E-state index contributed by atoms with van der Waals surface area (Å²) in [6.07, 6.45) is 5.43. The van der Waals surface area contributed by atoms with E-state index in [4.69, 9.17) is 4.74 Å². The maximum atomic E-state index is 12.3. The van der Waals surface area contributed by atoms with Gasteiger partial charge in [-0.05, 0) is 25.3 Å². The molecule has 0 saturated heterocycles. The lowest BCUT2D eigenvalue weighted by molar-refractivity contribution is -0.0547. The van der Waals surface area contributed by atoms with E-state index in [0.29, 0.717) is 6.42 Å². The highest BCUT2D eigenvalue weighted by Crippen LogP contribution is 2.50. The average Bonchev–Trinajstić information content (AvgIpc) is 2.76. The van der Waals surface area contributed by atoms with E-state index in [1.54, 1.807) is 7.11 Å². The summed E-state index contributed by atoms with van der Waals surface area (Å²) >= 11 is 0. The quantitative estimate of drug-likeness (QED) is 0.593. The zero-order valence-corrected chi connectivity index (χ0v) is 11.9. The maximum Gasteiger partial charge on any atom is 0.534 e. The molecule has 2 rings (SSSR count). The molecule has 116 valence electrons. The maximum absolute atomic E-state index is 12.3. The molecule has 1 fully saturated rings. The van der Waals surface area contributed by atoms with Crippen LogP contribution in [-0.2, 0) is 19.0 Å². The van der Waals surface area contributed by atoms with E-state index < -0.39 is 15.6 Å². The van der Waals surface area contributed by atoms with E-state index in [1.165, 1.54) is 6.08 Å². The van der Waals surface area contributed by atoms with Gasteiger partial charge in [0.25, 0.3) is 0 Å². The largest absolute Gasteiger partial charge is 0.534 e. The van der Waals surface area contributed by atoms with Crippen molar-refractivity contribution < 1.29 is 30.5 Å². The molecule has 0 aromatic heterocycles. The summed E-state index contributed by atoms with van der Waals surface area (Å²) < 4.78 is 68.8. The summed E-state index contributed by atoms with van der Waals surface area (Å²) in [7, 11) is -4.01. The fourth-order valence-corrected chi connectivity index (χ4v) is 3.70. The Labute approximate surface area is 116 Å². The van der Waals surface area contributed by atoms with Crippen LogP contribution in [0.1, 0.15) is 38.5 Å². The second-order valence-corrected chi connectivity index (χ2v) is 6.90. The van der Waals surface area contributed by atoms with E-state index in [9.17, 15) is 21.6 Å². The smallest absolute Gasteiger partial charge is 0.381 e. The molecule has 8 heteroatoms. The predicted octanol–water partition coefficient (Wildman–Crippen LogP) is 3.11. The first-order chi connectivity index (χ1) is 9.20. The molecule has 4 nitrogen and oxygen atoms in total. The second-order valence-electron chi connectivity index (χ2n) is 5.36. The predicted molar refractivity (Wildman–Crippen MR) is 65.1 cm³/mol. The molecular formula is C12H17F3O4S. The van der Waals surface area contributed by atoms with Gasteiger partial charge < -0.3 is 8.92 Å². The van der Waals surface area contributed by atoms with Gasteiger partial charge in [-0.1, -0.05) is 12.8 Å². The number of allylic oxidation sites excluding steroid dienone is 1. The van der Waals surface area contributed by atoms with Crippen LogP contribution in [0.5, 0.6) is 0 Å². The Morgan fingerprint density at radius 2 is 1.90 bits per heavy atom. The molecule has 20 heavy (non-hydrogen) atoms. The molecule has 0 radical (unpaired) electrons. The fraction of sp³-hybridized carbons (Fsp3) is 0.833. The molecule has 0 N–H and O–H groups in total. The van der Waals surface area contributed by atoms with E-state index in [0.717, 1.165) is 25.7 Å². The van der Waals surface area contributed by atoms with Crippen LogP contribution in [0.15, 0.2) is 11.8 Å². The topological polar surface area (TPSA) is 52.6 Å². The molecule has 1 spiro atoms. The minimum absolute atomic E-state index is 0.0917. The number of hydrogen-bond donors (Lipinski definition) is 0. The van der Waals surface area contributed by atoms with Gasteiger partial charge in [-0.25, -0.2) is 0 Å². The van der Waals surface area contributed by atoms with Crippen molar-refractivity contribution in [2.75, 3.05) is 7.11 Å². The van der Waals surface area contributed by atoms with E-state index in [-0.39, 0.29) is 23.7 Å². The molecular weight excluding hydrogens is 297 g/mol. The molecule has 0 aromatic carbocycles. The third-order valence-electron chi connectivity index (χ3n) is 4.15. The Morgan fingerprint density at radius 3 is 2.40 bits per heavy atom. The van der Waals surface area contributed by atoms with Crippen LogP contribution in [0.2, 0.25) is 0 Å². The lowest BCUT2D eigenvalue weighted by Crippen LogP contribution is -2.38. The van der Waals surface area contributed by atoms with Gasteiger partial charge in [0, 0.05) is 18.9 Å². The number of alkyl halides is 3. The fourth-order valence-electron chi connectivity index (χ4n) is 3.20. The number of hydrogen-bond acceptors (Lipinski definition) is 4. The van der Waals surface area contributed by atoms with Gasteiger partial charge in [0.2, 0.25) is 0 Å². The van der Waals surface area contributed by atoms with Crippen molar-refractivity contribution in [2.24, 2.45) is 5.41 Å². The van der Waals surface area contributed by atoms with Crippen LogP contribution in [0.25, 0.3) is 0 Å². The zero-order valence-electron chi connectivity index (χ0n) is 11.1. The molecule has 0 bridgehead atoms. The summed E-state index contributed by atoms with van der Waals surface area (Å²) in [4.78, 5) is 0. The summed E-state index contributed by atoms with van der Waals surface area (Å²) in [6.45, 7) is 0. The molecule has 0 aromatic rings. The van der Waals surface area contributed by atoms with Crippen molar-refractivity contribution >= 4 is 10.1 Å². The highest BCUT2D eigenvalue weighted by Gasteiger charge is 2.51. The van der Waals surface area contributed by atoms with E-state index in [1.807, 2.05) is 0 Å². The van der Waals surface area contributed by atoms with Crippen LogP contribution in [0.3, 0.4) is 0 Å². The molecule has 2 aliphatic carbocycles. The van der Waals surface area contributed by atoms with Crippen molar-refractivity contribution in [3.05, 3.63) is 11.8 Å². The van der Waals surface area contributed by atoms with Crippen LogP contribution < -0.4 is 0 Å². The first kappa shape index (κ1) is 15.6. The Kier molecular flexibility index (Phi) is 4.07. The molecule has 1 atom stereocenters. The first-order valence-corrected chi connectivity index (χ1v) is 7.84. The minimum atomic E-state index is -5.58. The van der Waals surface area contributed by atoms with Crippen molar-refractivity contribution in [1.82, 2.24) is 0 Å². The van der Waals surface area contributed by atoms with Crippen molar-refractivity contribution in [1.29, 1.82) is 0 Å². The molecule has 0 amide bonds. The van der Waals surface area contributed by atoms with Gasteiger partial charge in [-0.3, -0.25) is 0 Å². The normalized spacial score (nSPS) is 26.6. The summed E-state index contributed by atoms with van der Waals surface area (Å²) in [6, 6.07) is 0. The summed E-state index contributed by atoms with van der Waals surface area (Å²) in [5.41, 5.74) is -5.69. The Bertz CT molecular complexity index is 489. The van der Waals surface area contributed by atoms with Crippen LogP contribution in [0.4, 0.5) is 13.2 Å². The summed E-state index contributed by atoms with van der Waals surface area (Å²) in [5.74, 6) is -0.113. The van der Waals surface area contributed by atoms with Crippen molar-refractivity contribution in [2.45, 2.75) is 50.1 Å². The first-order valence-electron chi connectivity index (χ1n) is 6.43. The molecule has 1 unspecified atom stereocenters. The molecule has 1 saturated carbocycles. The summed E-state index contributed by atoms with van der Waals surface area (Å²) in [5, 5.41) is 0. The van der Waals surface area contributed by atoms with Crippen molar-refractivity contribution in [3.8, 4) is 0 Å². The molecule has 0 heterocycles. The molecule has 2 aliphatic rings. The Balaban J connectivity index is 2.17. The van der Waals surface area contributed by atoms with E-state index >= 15 is 0 Å². The zero-order chi connectivity index (χ0) is 15.0. The number of methoxy groups -OCH3 is 1. The van der Waals surface area contributed by atoms with Gasteiger partial charge >= 0.3 is 15.6 Å². The van der Waals surface area contributed by atoms with Crippen molar-refractivity contribution in [3.63, 3.8) is 0 Å². The lowest BCUT2D eigenvalue weighted by atomic mass is 9.72. The third-order valence-corrected chi connectivity index (χ3v) is 5.15. The van der Waals surface area contributed by atoms with Gasteiger partial charge in [0.15, 0.2) is 0 Å². The Morgan fingerprint density at radius 1 is 1.30 bits per heavy atom. The van der Waals surface area contributed by atoms with Gasteiger partial charge in [0.1, 0.15) is 5.76 Å². The SMILES string of the molecule is COC1CC=C(OS(=O)(=O)C(F)(F)F)CC12CCCC2. The second kappa shape index (κ2) is 5.22. The van der Waals surface area contributed by atoms with Crippen LogP contribution >= 0.6 is 0 Å². The standard InChI is InChI=1S/C12H17F3O4S/c1-18-10-5-4-9(8-11(10)6-2-3-7-11)19-20(16,17)12(13,14)15/h4,10H,2-3,5-8H2,1H3. The average molecular weight is 314 g/mol. The van der Waals surface area contributed by atoms with Gasteiger partial charge in [-0.15, -0.1) is 0 Å². The monoisotopic (exact) mass is 314 g/mol. The van der Waals surface area contributed by atoms with Crippen LogP contribution in [0, 0.1) is 5.41 Å². The highest BCUT2D eigenvalue weighted by atomic mass is 32.2. The van der Waals surface area contributed by atoms with Gasteiger partial charge in [-0.2, -0.15) is 21.6 Å². The van der Waals surface area contributed by atoms with Crippen LogP contribution in [-0.4, -0.2) is 27.1 Å². The number of ether oxygens (including phenoxy) is 1. The number of rotatable bonds is 3.